The summed E-state index contributed by atoms with van der Waals surface area (Å²) in [7, 11) is 1.50. The summed E-state index contributed by atoms with van der Waals surface area (Å²) in [5.41, 5.74) is 1.87. The van der Waals surface area contributed by atoms with Crippen LogP contribution in [0.25, 0.3) is 0 Å². The Morgan fingerprint density at radius 2 is 2.29 bits per heavy atom. The van der Waals surface area contributed by atoms with Crippen LogP contribution in [0.1, 0.15) is 17.5 Å². The van der Waals surface area contributed by atoms with E-state index in [1.807, 2.05) is 6.07 Å². The van der Waals surface area contributed by atoms with Crippen molar-refractivity contribution in [2.45, 2.75) is 19.4 Å². The van der Waals surface area contributed by atoms with Gasteiger partial charge in [-0.25, -0.2) is 4.39 Å². The largest absolute Gasteiger partial charge is 0.494 e. The number of nitrogens with one attached hydrogen (secondary N) is 1. The van der Waals surface area contributed by atoms with Gasteiger partial charge in [0.05, 0.1) is 7.11 Å². The molecule has 0 fully saturated rings. The van der Waals surface area contributed by atoms with Crippen LogP contribution in [-0.2, 0) is 13.0 Å². The minimum absolute atomic E-state index is 0.186. The maximum absolute atomic E-state index is 13.8. The number of methoxy groups -OCH3 is 1. The summed E-state index contributed by atoms with van der Waals surface area (Å²) in [6, 6.07) is 3.64. The molecule has 3 heteroatoms. The smallest absolute Gasteiger partial charge is 0.168 e. The van der Waals surface area contributed by atoms with Crippen molar-refractivity contribution in [3.8, 4) is 5.75 Å². The summed E-state index contributed by atoms with van der Waals surface area (Å²) in [4.78, 5) is 0. The number of hydrogen-bond donors (Lipinski definition) is 1. The zero-order valence-electron chi connectivity index (χ0n) is 8.27. The van der Waals surface area contributed by atoms with Crippen LogP contribution >= 0.6 is 0 Å². The highest BCUT2D eigenvalue weighted by atomic mass is 19.1. The number of benzene rings is 1. The molecule has 1 aliphatic rings. The van der Waals surface area contributed by atoms with Crippen LogP contribution in [-0.4, -0.2) is 13.7 Å². The molecule has 1 aromatic carbocycles. The molecule has 0 aliphatic carbocycles. The lowest BCUT2D eigenvalue weighted by Crippen LogP contribution is -2.12. The number of rotatable bonds is 1. The number of hydrogen-bond acceptors (Lipinski definition) is 2. The maximum Gasteiger partial charge on any atom is 0.168 e. The molecule has 1 aliphatic heterocycles. The van der Waals surface area contributed by atoms with E-state index in [9.17, 15) is 4.39 Å². The summed E-state index contributed by atoms with van der Waals surface area (Å²) in [5, 5.41) is 3.26. The Bertz CT molecular complexity index is 338. The summed E-state index contributed by atoms with van der Waals surface area (Å²) >= 11 is 0. The highest BCUT2D eigenvalue weighted by Crippen LogP contribution is 2.25. The maximum atomic E-state index is 13.8. The lowest BCUT2D eigenvalue weighted by Gasteiger charge is -2.09. The minimum Gasteiger partial charge on any atom is -0.494 e. The molecule has 1 heterocycles. The molecule has 1 N–H and O–H groups in total. The molecule has 0 aromatic heterocycles. The Morgan fingerprint density at radius 1 is 1.43 bits per heavy atom. The van der Waals surface area contributed by atoms with E-state index in [2.05, 4.69) is 5.32 Å². The summed E-state index contributed by atoms with van der Waals surface area (Å²) in [6.07, 6.45) is 1.78. The van der Waals surface area contributed by atoms with Gasteiger partial charge < -0.3 is 10.1 Å². The van der Waals surface area contributed by atoms with Crippen LogP contribution in [0, 0.1) is 5.82 Å². The number of ether oxygens (including phenoxy) is 1. The molecule has 0 radical (unpaired) electrons. The fourth-order valence-corrected chi connectivity index (χ4v) is 1.85. The van der Waals surface area contributed by atoms with Crippen LogP contribution in [0.2, 0.25) is 0 Å². The zero-order chi connectivity index (χ0) is 9.97. The topological polar surface area (TPSA) is 21.3 Å². The summed E-state index contributed by atoms with van der Waals surface area (Å²) < 4.78 is 18.7. The molecular formula is C11H14FNO. The molecule has 0 saturated heterocycles. The lowest BCUT2D eigenvalue weighted by molar-refractivity contribution is 0.383. The number of halogens is 1. The molecule has 2 nitrogen and oxygen atoms in total. The van der Waals surface area contributed by atoms with Crippen molar-refractivity contribution in [2.75, 3.05) is 13.7 Å². The van der Waals surface area contributed by atoms with Crippen LogP contribution < -0.4 is 10.1 Å². The van der Waals surface area contributed by atoms with Gasteiger partial charge in [-0.1, -0.05) is 6.07 Å². The highest BCUT2D eigenvalue weighted by molar-refractivity contribution is 5.38. The third-order valence-electron chi connectivity index (χ3n) is 2.62. The van der Waals surface area contributed by atoms with E-state index in [0.29, 0.717) is 5.75 Å². The first-order chi connectivity index (χ1) is 6.83. The van der Waals surface area contributed by atoms with Crippen molar-refractivity contribution in [1.82, 2.24) is 5.32 Å². The second-order valence-corrected chi connectivity index (χ2v) is 3.50. The van der Waals surface area contributed by atoms with E-state index in [1.54, 1.807) is 6.07 Å². The Labute approximate surface area is 83.1 Å². The molecule has 0 amide bonds. The van der Waals surface area contributed by atoms with Crippen LogP contribution in [0.5, 0.6) is 5.75 Å². The second-order valence-electron chi connectivity index (χ2n) is 3.50. The van der Waals surface area contributed by atoms with E-state index in [0.717, 1.165) is 37.1 Å². The van der Waals surface area contributed by atoms with Gasteiger partial charge in [0.15, 0.2) is 11.6 Å². The molecule has 0 atom stereocenters. The fourth-order valence-electron chi connectivity index (χ4n) is 1.85. The van der Waals surface area contributed by atoms with Crippen molar-refractivity contribution in [3.05, 3.63) is 29.1 Å². The lowest BCUT2D eigenvalue weighted by atomic mass is 10.0. The van der Waals surface area contributed by atoms with Crippen molar-refractivity contribution < 1.29 is 9.13 Å². The van der Waals surface area contributed by atoms with E-state index >= 15 is 0 Å². The standard InChI is InChI=1S/C11H14FNO/c1-14-10-5-4-8-7-13-6-2-3-9(8)11(10)12/h4-5,13H,2-3,6-7H2,1H3. The Morgan fingerprint density at radius 3 is 3.07 bits per heavy atom. The highest BCUT2D eigenvalue weighted by Gasteiger charge is 2.15. The van der Waals surface area contributed by atoms with Gasteiger partial charge in [0, 0.05) is 6.54 Å². The van der Waals surface area contributed by atoms with Gasteiger partial charge >= 0.3 is 0 Å². The first kappa shape index (κ1) is 9.46. The zero-order valence-corrected chi connectivity index (χ0v) is 8.27. The number of fused-ring (bicyclic) bond motifs is 1. The predicted octanol–water partition coefficient (Wildman–Crippen LogP) is 1.87. The van der Waals surface area contributed by atoms with Crippen molar-refractivity contribution in [3.63, 3.8) is 0 Å². The molecular weight excluding hydrogens is 181 g/mol. The van der Waals surface area contributed by atoms with Crippen LogP contribution in [0.4, 0.5) is 4.39 Å². The van der Waals surface area contributed by atoms with E-state index < -0.39 is 0 Å². The van der Waals surface area contributed by atoms with Gasteiger partial charge in [-0.2, -0.15) is 0 Å². The van der Waals surface area contributed by atoms with Gasteiger partial charge in [0.2, 0.25) is 0 Å². The molecule has 76 valence electrons. The fraction of sp³-hybridized carbons (Fsp3) is 0.455. The monoisotopic (exact) mass is 195 g/mol. The first-order valence-electron chi connectivity index (χ1n) is 4.88. The summed E-state index contributed by atoms with van der Waals surface area (Å²) in [5.74, 6) is 0.166. The van der Waals surface area contributed by atoms with Gasteiger partial charge in [0.25, 0.3) is 0 Å². The van der Waals surface area contributed by atoms with Gasteiger partial charge in [-0.15, -0.1) is 0 Å². The molecule has 0 bridgehead atoms. The predicted molar refractivity (Wildman–Crippen MR) is 53.0 cm³/mol. The van der Waals surface area contributed by atoms with Crippen molar-refractivity contribution in [1.29, 1.82) is 0 Å². The third-order valence-corrected chi connectivity index (χ3v) is 2.62. The van der Waals surface area contributed by atoms with Gasteiger partial charge in [0.1, 0.15) is 0 Å². The molecule has 0 unspecified atom stereocenters. The van der Waals surface area contributed by atoms with Gasteiger partial charge in [-0.05, 0) is 36.6 Å². The molecule has 0 spiro atoms. The first-order valence-corrected chi connectivity index (χ1v) is 4.88. The third kappa shape index (κ3) is 1.60. The Hall–Kier alpha value is -1.09. The molecule has 14 heavy (non-hydrogen) atoms. The molecule has 1 aromatic rings. The normalized spacial score (nSPS) is 15.9. The summed E-state index contributed by atoms with van der Waals surface area (Å²) in [6.45, 7) is 1.71. The SMILES string of the molecule is COc1ccc2c(c1F)CCCNC2. The quantitative estimate of drug-likeness (QED) is 0.738. The van der Waals surface area contributed by atoms with Crippen molar-refractivity contribution >= 4 is 0 Å². The van der Waals surface area contributed by atoms with E-state index in [4.69, 9.17) is 4.74 Å². The average Bonchev–Trinajstić information content (AvgIpc) is 2.44. The van der Waals surface area contributed by atoms with Crippen LogP contribution in [0.3, 0.4) is 0 Å². The minimum atomic E-state index is -0.186. The molecule has 2 rings (SSSR count). The van der Waals surface area contributed by atoms with Crippen LogP contribution in [0.15, 0.2) is 12.1 Å². The van der Waals surface area contributed by atoms with Crippen molar-refractivity contribution in [2.24, 2.45) is 0 Å². The van der Waals surface area contributed by atoms with Gasteiger partial charge in [-0.3, -0.25) is 0 Å². The Kier molecular flexibility index (Phi) is 2.68. The second kappa shape index (κ2) is 3.96. The van der Waals surface area contributed by atoms with E-state index in [1.165, 1.54) is 7.11 Å². The molecule has 0 saturated carbocycles. The Balaban J connectivity index is 2.44. The van der Waals surface area contributed by atoms with E-state index in [-0.39, 0.29) is 5.82 Å². The average molecular weight is 195 g/mol.